The van der Waals surface area contributed by atoms with Gasteiger partial charge in [-0.15, -0.1) is 0 Å². The highest BCUT2D eigenvalue weighted by atomic mass is 79.9. The van der Waals surface area contributed by atoms with Gasteiger partial charge in [0.15, 0.2) is 0 Å². The van der Waals surface area contributed by atoms with Gasteiger partial charge in [0.2, 0.25) is 0 Å². The highest BCUT2D eigenvalue weighted by Gasteiger charge is 1.95. The summed E-state index contributed by atoms with van der Waals surface area (Å²) >= 11 is 3.37. The summed E-state index contributed by atoms with van der Waals surface area (Å²) in [5.74, 6) is -0.171. The summed E-state index contributed by atoms with van der Waals surface area (Å²) in [7, 11) is 1.40. The molecule has 0 aliphatic rings. The molecule has 0 heterocycles. The van der Waals surface area contributed by atoms with E-state index < -0.39 is 0 Å². The van der Waals surface area contributed by atoms with Gasteiger partial charge in [-0.05, 0) is 24.1 Å². The molecule has 0 saturated heterocycles. The van der Waals surface area contributed by atoms with Crippen LogP contribution in [0.15, 0.2) is 34.8 Å². The standard InChI is InChI=1S/C12H13BrO2/c1-15-12(14)5-3-2-4-10-6-8-11(13)9-7-10/h2,4,6-9H,3,5H2,1H3/b4-2+. The SMILES string of the molecule is COC(=O)CC/C=C/c1ccc(Br)cc1. The van der Waals surface area contributed by atoms with Crippen molar-refractivity contribution in [2.45, 2.75) is 12.8 Å². The average Bonchev–Trinajstić information content (AvgIpc) is 2.26. The molecular formula is C12H13BrO2. The minimum absolute atomic E-state index is 0.171. The van der Waals surface area contributed by atoms with Crippen molar-refractivity contribution in [1.82, 2.24) is 0 Å². The van der Waals surface area contributed by atoms with Crippen LogP contribution in [0.1, 0.15) is 18.4 Å². The van der Waals surface area contributed by atoms with E-state index in [1.807, 2.05) is 36.4 Å². The number of hydrogen-bond acceptors (Lipinski definition) is 2. The fraction of sp³-hybridized carbons (Fsp3) is 0.250. The van der Waals surface area contributed by atoms with Crippen LogP contribution in [0, 0.1) is 0 Å². The maximum Gasteiger partial charge on any atom is 0.305 e. The van der Waals surface area contributed by atoms with E-state index in [0.717, 1.165) is 10.0 Å². The molecule has 15 heavy (non-hydrogen) atoms. The zero-order valence-electron chi connectivity index (χ0n) is 8.57. The maximum atomic E-state index is 10.8. The van der Waals surface area contributed by atoms with Gasteiger partial charge < -0.3 is 4.74 Å². The van der Waals surface area contributed by atoms with E-state index in [1.165, 1.54) is 7.11 Å². The van der Waals surface area contributed by atoms with Crippen LogP contribution in [0.4, 0.5) is 0 Å². The third-order valence-corrected chi connectivity index (χ3v) is 2.45. The Morgan fingerprint density at radius 1 is 1.40 bits per heavy atom. The van der Waals surface area contributed by atoms with Crippen LogP contribution in [0.25, 0.3) is 6.08 Å². The summed E-state index contributed by atoms with van der Waals surface area (Å²) in [6.07, 6.45) is 5.11. The van der Waals surface area contributed by atoms with Gasteiger partial charge in [0, 0.05) is 10.9 Å². The number of allylic oxidation sites excluding steroid dienone is 1. The lowest BCUT2D eigenvalue weighted by Crippen LogP contribution is -1.97. The molecule has 1 aromatic rings. The molecule has 0 unspecified atom stereocenters. The third kappa shape index (κ3) is 4.79. The monoisotopic (exact) mass is 268 g/mol. The van der Waals surface area contributed by atoms with Crippen LogP contribution in [-0.4, -0.2) is 13.1 Å². The number of carbonyl (C=O) groups excluding carboxylic acids is 1. The lowest BCUT2D eigenvalue weighted by molar-refractivity contribution is -0.140. The predicted molar refractivity (Wildman–Crippen MR) is 64.4 cm³/mol. The first-order valence-electron chi connectivity index (χ1n) is 4.71. The molecule has 80 valence electrons. The summed E-state index contributed by atoms with van der Waals surface area (Å²) in [6, 6.07) is 8.00. The van der Waals surface area contributed by atoms with Crippen LogP contribution in [0.5, 0.6) is 0 Å². The van der Waals surface area contributed by atoms with E-state index in [1.54, 1.807) is 0 Å². The van der Waals surface area contributed by atoms with Crippen LogP contribution in [0.3, 0.4) is 0 Å². The zero-order chi connectivity index (χ0) is 11.1. The molecule has 0 fully saturated rings. The molecule has 0 amide bonds. The molecule has 0 aliphatic heterocycles. The normalized spacial score (nSPS) is 10.5. The Bertz CT molecular complexity index is 341. The highest BCUT2D eigenvalue weighted by molar-refractivity contribution is 9.10. The fourth-order valence-corrected chi connectivity index (χ4v) is 1.36. The minimum Gasteiger partial charge on any atom is -0.469 e. The largest absolute Gasteiger partial charge is 0.469 e. The molecule has 0 spiro atoms. The van der Waals surface area contributed by atoms with Crippen LogP contribution >= 0.6 is 15.9 Å². The van der Waals surface area contributed by atoms with Gasteiger partial charge in [0.25, 0.3) is 0 Å². The van der Waals surface area contributed by atoms with Gasteiger partial charge >= 0.3 is 5.97 Å². The first kappa shape index (κ1) is 12.0. The molecule has 3 heteroatoms. The number of rotatable bonds is 4. The number of carbonyl (C=O) groups is 1. The molecule has 0 bridgehead atoms. The average molecular weight is 269 g/mol. The Labute approximate surface area is 98.1 Å². The van der Waals surface area contributed by atoms with E-state index >= 15 is 0 Å². The molecule has 1 rings (SSSR count). The number of methoxy groups -OCH3 is 1. The molecule has 2 nitrogen and oxygen atoms in total. The summed E-state index contributed by atoms with van der Waals surface area (Å²) < 4.78 is 5.60. The fourth-order valence-electron chi connectivity index (χ4n) is 1.10. The van der Waals surface area contributed by atoms with Crippen molar-refractivity contribution in [1.29, 1.82) is 0 Å². The van der Waals surface area contributed by atoms with Gasteiger partial charge in [-0.1, -0.05) is 40.2 Å². The first-order valence-corrected chi connectivity index (χ1v) is 5.50. The number of hydrogen-bond donors (Lipinski definition) is 0. The van der Waals surface area contributed by atoms with Gasteiger partial charge in [-0.3, -0.25) is 4.79 Å². The molecule has 1 aromatic carbocycles. The number of esters is 1. The number of ether oxygens (including phenoxy) is 1. The number of halogens is 1. The minimum atomic E-state index is -0.171. The van der Waals surface area contributed by atoms with Crippen molar-refractivity contribution in [3.05, 3.63) is 40.4 Å². The number of benzene rings is 1. The van der Waals surface area contributed by atoms with Crippen molar-refractivity contribution in [3.63, 3.8) is 0 Å². The molecular weight excluding hydrogens is 256 g/mol. The second-order valence-electron chi connectivity index (χ2n) is 3.07. The van der Waals surface area contributed by atoms with E-state index in [0.29, 0.717) is 12.8 Å². The topological polar surface area (TPSA) is 26.3 Å². The van der Waals surface area contributed by atoms with E-state index in [4.69, 9.17) is 0 Å². The quantitative estimate of drug-likeness (QED) is 0.783. The molecule has 0 saturated carbocycles. The summed E-state index contributed by atoms with van der Waals surface area (Å²) in [6.45, 7) is 0. The van der Waals surface area contributed by atoms with Crippen molar-refractivity contribution < 1.29 is 9.53 Å². The molecule has 0 radical (unpaired) electrons. The highest BCUT2D eigenvalue weighted by Crippen LogP contribution is 2.11. The second-order valence-corrected chi connectivity index (χ2v) is 3.98. The lowest BCUT2D eigenvalue weighted by atomic mass is 10.2. The zero-order valence-corrected chi connectivity index (χ0v) is 10.2. The lowest BCUT2D eigenvalue weighted by Gasteiger charge is -1.95. The van der Waals surface area contributed by atoms with Gasteiger partial charge in [-0.25, -0.2) is 0 Å². The molecule has 0 N–H and O–H groups in total. The summed E-state index contributed by atoms with van der Waals surface area (Å²) in [5, 5.41) is 0. The Morgan fingerprint density at radius 2 is 2.07 bits per heavy atom. The van der Waals surface area contributed by atoms with Crippen LogP contribution in [0.2, 0.25) is 0 Å². The Morgan fingerprint density at radius 3 is 2.67 bits per heavy atom. The smallest absolute Gasteiger partial charge is 0.305 e. The first-order chi connectivity index (χ1) is 7.22. The van der Waals surface area contributed by atoms with Crippen LogP contribution < -0.4 is 0 Å². The molecule has 0 aromatic heterocycles. The van der Waals surface area contributed by atoms with Gasteiger partial charge in [0.1, 0.15) is 0 Å². The van der Waals surface area contributed by atoms with Crippen molar-refractivity contribution in [2.75, 3.05) is 7.11 Å². The van der Waals surface area contributed by atoms with E-state index in [9.17, 15) is 4.79 Å². The van der Waals surface area contributed by atoms with Crippen LogP contribution in [-0.2, 0) is 9.53 Å². The third-order valence-electron chi connectivity index (χ3n) is 1.92. The predicted octanol–water partition coefficient (Wildman–Crippen LogP) is 3.42. The Kier molecular flexibility index (Phi) is 5.12. The van der Waals surface area contributed by atoms with E-state index in [2.05, 4.69) is 20.7 Å². The summed E-state index contributed by atoms with van der Waals surface area (Å²) in [5.41, 5.74) is 1.13. The van der Waals surface area contributed by atoms with Gasteiger partial charge in [0.05, 0.1) is 7.11 Å². The molecule has 0 atom stereocenters. The van der Waals surface area contributed by atoms with Gasteiger partial charge in [-0.2, -0.15) is 0 Å². The Hall–Kier alpha value is -1.09. The van der Waals surface area contributed by atoms with E-state index in [-0.39, 0.29) is 5.97 Å². The molecule has 0 aliphatic carbocycles. The second kappa shape index (κ2) is 6.40. The van der Waals surface area contributed by atoms with Crippen molar-refractivity contribution in [2.24, 2.45) is 0 Å². The Balaban J connectivity index is 2.38. The maximum absolute atomic E-state index is 10.8. The van der Waals surface area contributed by atoms with Crippen molar-refractivity contribution >= 4 is 28.0 Å². The van der Waals surface area contributed by atoms with Crippen molar-refractivity contribution in [3.8, 4) is 0 Å². The summed E-state index contributed by atoms with van der Waals surface area (Å²) in [4.78, 5) is 10.8.